The molecule has 0 bridgehead atoms. The molecule has 1 saturated carbocycles. The van der Waals surface area contributed by atoms with Gasteiger partial charge in [0.25, 0.3) is 0 Å². The topological polar surface area (TPSA) is 12.0 Å². The van der Waals surface area contributed by atoms with Crippen molar-refractivity contribution >= 4 is 0 Å². The quantitative estimate of drug-likeness (QED) is 0.531. The molecular weight excluding hydrogens is 218 g/mol. The third kappa shape index (κ3) is 5.73. The summed E-state index contributed by atoms with van der Waals surface area (Å²) in [6.07, 6.45) is 14.3. The van der Waals surface area contributed by atoms with E-state index in [2.05, 4.69) is 26.1 Å². The third-order valence-electron chi connectivity index (χ3n) is 4.81. The van der Waals surface area contributed by atoms with Crippen LogP contribution in [0.5, 0.6) is 0 Å². The van der Waals surface area contributed by atoms with E-state index in [0.717, 1.165) is 17.9 Å². The summed E-state index contributed by atoms with van der Waals surface area (Å²) in [5, 5.41) is 3.73. The summed E-state index contributed by atoms with van der Waals surface area (Å²) in [4.78, 5) is 0. The molecule has 18 heavy (non-hydrogen) atoms. The Morgan fingerprint density at radius 2 is 1.61 bits per heavy atom. The van der Waals surface area contributed by atoms with Gasteiger partial charge in [0, 0.05) is 6.04 Å². The minimum atomic E-state index is 0.815. The average Bonchev–Trinajstić information content (AvgIpc) is 2.72. The van der Waals surface area contributed by atoms with Crippen molar-refractivity contribution in [2.24, 2.45) is 11.8 Å². The molecule has 0 radical (unpaired) electrons. The van der Waals surface area contributed by atoms with E-state index in [9.17, 15) is 0 Å². The Balaban J connectivity index is 2.05. The molecule has 108 valence electrons. The van der Waals surface area contributed by atoms with Crippen molar-refractivity contribution in [3.8, 4) is 0 Å². The monoisotopic (exact) mass is 253 g/mol. The van der Waals surface area contributed by atoms with Crippen LogP contribution < -0.4 is 5.32 Å². The molecule has 1 fully saturated rings. The second-order valence-electron chi connectivity index (χ2n) is 6.31. The summed E-state index contributed by atoms with van der Waals surface area (Å²) in [6, 6.07) is 0.815. The zero-order chi connectivity index (χ0) is 13.2. The van der Waals surface area contributed by atoms with Crippen LogP contribution in [0.1, 0.15) is 85.0 Å². The lowest BCUT2D eigenvalue weighted by molar-refractivity contribution is 0.328. The van der Waals surface area contributed by atoms with Crippen LogP contribution in [0.4, 0.5) is 0 Å². The Morgan fingerprint density at radius 1 is 0.889 bits per heavy atom. The first-order valence-electron chi connectivity index (χ1n) is 8.53. The smallest absolute Gasteiger partial charge is 0.00954 e. The van der Waals surface area contributed by atoms with Crippen molar-refractivity contribution in [2.75, 3.05) is 6.54 Å². The van der Waals surface area contributed by atoms with Crippen LogP contribution in [-0.2, 0) is 0 Å². The van der Waals surface area contributed by atoms with Crippen LogP contribution in [0.2, 0.25) is 0 Å². The van der Waals surface area contributed by atoms with E-state index < -0.39 is 0 Å². The molecule has 1 N–H and O–H groups in total. The summed E-state index contributed by atoms with van der Waals surface area (Å²) in [6.45, 7) is 8.24. The van der Waals surface area contributed by atoms with Crippen molar-refractivity contribution in [2.45, 2.75) is 91.0 Å². The Labute approximate surface area is 115 Å². The lowest BCUT2D eigenvalue weighted by Crippen LogP contribution is -2.33. The van der Waals surface area contributed by atoms with Crippen LogP contribution in [0.15, 0.2) is 0 Å². The third-order valence-corrected chi connectivity index (χ3v) is 4.81. The van der Waals surface area contributed by atoms with Crippen molar-refractivity contribution in [1.29, 1.82) is 0 Å². The molecule has 0 aliphatic heterocycles. The molecule has 1 nitrogen and oxygen atoms in total. The molecule has 0 heterocycles. The van der Waals surface area contributed by atoms with Gasteiger partial charge >= 0.3 is 0 Å². The van der Waals surface area contributed by atoms with E-state index in [-0.39, 0.29) is 0 Å². The maximum Gasteiger partial charge on any atom is 0.00954 e. The zero-order valence-corrected chi connectivity index (χ0v) is 13.0. The van der Waals surface area contributed by atoms with Crippen molar-refractivity contribution < 1.29 is 0 Å². The second kappa shape index (κ2) is 9.83. The highest BCUT2D eigenvalue weighted by atomic mass is 14.9. The maximum atomic E-state index is 3.73. The highest BCUT2D eigenvalue weighted by Crippen LogP contribution is 2.35. The summed E-state index contributed by atoms with van der Waals surface area (Å²) in [7, 11) is 0. The first kappa shape index (κ1) is 16.0. The van der Waals surface area contributed by atoms with Crippen LogP contribution >= 0.6 is 0 Å². The van der Waals surface area contributed by atoms with Gasteiger partial charge < -0.3 is 5.32 Å². The Kier molecular flexibility index (Phi) is 8.75. The zero-order valence-electron chi connectivity index (χ0n) is 13.0. The van der Waals surface area contributed by atoms with E-state index in [4.69, 9.17) is 0 Å². The molecule has 0 aromatic rings. The van der Waals surface area contributed by atoms with E-state index in [0.29, 0.717) is 0 Å². The van der Waals surface area contributed by atoms with E-state index in [1.165, 1.54) is 70.8 Å². The second-order valence-corrected chi connectivity index (χ2v) is 6.31. The first-order chi connectivity index (χ1) is 8.79. The Morgan fingerprint density at radius 3 is 2.33 bits per heavy atom. The fourth-order valence-electron chi connectivity index (χ4n) is 3.46. The van der Waals surface area contributed by atoms with Gasteiger partial charge in [-0.25, -0.2) is 0 Å². The SMILES string of the molecule is CCCCCCCCC1CCC(NCCC)C1C. The molecule has 0 amide bonds. The van der Waals surface area contributed by atoms with E-state index in [1.807, 2.05) is 0 Å². The van der Waals surface area contributed by atoms with Crippen LogP contribution in [0.25, 0.3) is 0 Å². The summed E-state index contributed by atoms with van der Waals surface area (Å²) < 4.78 is 0. The highest BCUT2D eigenvalue weighted by molar-refractivity contribution is 4.86. The lowest BCUT2D eigenvalue weighted by atomic mass is 9.90. The lowest BCUT2D eigenvalue weighted by Gasteiger charge is -2.21. The Hall–Kier alpha value is -0.0400. The van der Waals surface area contributed by atoms with Gasteiger partial charge in [0.2, 0.25) is 0 Å². The molecule has 0 aromatic heterocycles. The summed E-state index contributed by atoms with van der Waals surface area (Å²) in [5.74, 6) is 1.91. The molecule has 0 saturated heterocycles. The highest BCUT2D eigenvalue weighted by Gasteiger charge is 2.31. The minimum Gasteiger partial charge on any atom is -0.314 e. The average molecular weight is 253 g/mol. The van der Waals surface area contributed by atoms with Crippen LogP contribution in [0.3, 0.4) is 0 Å². The normalized spacial score (nSPS) is 27.8. The van der Waals surface area contributed by atoms with Gasteiger partial charge in [0.1, 0.15) is 0 Å². The fourth-order valence-corrected chi connectivity index (χ4v) is 3.46. The molecule has 1 aliphatic rings. The van der Waals surface area contributed by atoms with Gasteiger partial charge in [-0.15, -0.1) is 0 Å². The van der Waals surface area contributed by atoms with Gasteiger partial charge in [-0.2, -0.15) is 0 Å². The predicted octanol–water partition coefficient (Wildman–Crippen LogP) is 5.15. The van der Waals surface area contributed by atoms with E-state index >= 15 is 0 Å². The largest absolute Gasteiger partial charge is 0.314 e. The number of rotatable bonds is 10. The van der Waals surface area contributed by atoms with Gasteiger partial charge in [0.05, 0.1) is 0 Å². The number of nitrogens with one attached hydrogen (secondary N) is 1. The predicted molar refractivity (Wildman–Crippen MR) is 82.0 cm³/mol. The van der Waals surface area contributed by atoms with Crippen LogP contribution in [0, 0.1) is 11.8 Å². The number of hydrogen-bond acceptors (Lipinski definition) is 1. The molecule has 1 aliphatic carbocycles. The van der Waals surface area contributed by atoms with Crippen LogP contribution in [-0.4, -0.2) is 12.6 Å². The number of unbranched alkanes of at least 4 members (excludes halogenated alkanes) is 5. The molecule has 1 rings (SSSR count). The standard InChI is InChI=1S/C17H35N/c1-4-6-7-8-9-10-11-16-12-13-17(15(16)3)18-14-5-2/h15-18H,4-14H2,1-3H3. The van der Waals surface area contributed by atoms with Gasteiger partial charge in [0.15, 0.2) is 0 Å². The molecule has 3 unspecified atom stereocenters. The van der Waals surface area contributed by atoms with Gasteiger partial charge in [-0.1, -0.05) is 65.7 Å². The fraction of sp³-hybridized carbons (Fsp3) is 1.00. The number of hydrogen-bond donors (Lipinski definition) is 1. The van der Waals surface area contributed by atoms with Gasteiger partial charge in [-0.05, 0) is 37.6 Å². The summed E-state index contributed by atoms with van der Waals surface area (Å²) in [5.41, 5.74) is 0. The van der Waals surface area contributed by atoms with E-state index in [1.54, 1.807) is 0 Å². The summed E-state index contributed by atoms with van der Waals surface area (Å²) >= 11 is 0. The molecule has 1 heteroatoms. The van der Waals surface area contributed by atoms with Crippen molar-refractivity contribution in [3.63, 3.8) is 0 Å². The molecule has 0 spiro atoms. The first-order valence-corrected chi connectivity index (χ1v) is 8.53. The van der Waals surface area contributed by atoms with Gasteiger partial charge in [-0.3, -0.25) is 0 Å². The van der Waals surface area contributed by atoms with Crippen molar-refractivity contribution in [1.82, 2.24) is 5.32 Å². The van der Waals surface area contributed by atoms with Crippen molar-refractivity contribution in [3.05, 3.63) is 0 Å². The maximum absolute atomic E-state index is 3.73. The molecular formula is C17H35N. The minimum absolute atomic E-state index is 0.815. The molecule has 3 atom stereocenters. The Bertz CT molecular complexity index is 190. The molecule has 0 aromatic carbocycles.